The van der Waals surface area contributed by atoms with Crippen molar-refractivity contribution in [2.45, 2.75) is 19.9 Å². The number of carbonyl (C=O) groups is 1. The Morgan fingerprint density at radius 3 is 2.85 bits per heavy atom. The van der Waals surface area contributed by atoms with Crippen LogP contribution in [-0.2, 0) is 11.3 Å². The van der Waals surface area contributed by atoms with Crippen molar-refractivity contribution in [1.82, 2.24) is 4.90 Å². The van der Waals surface area contributed by atoms with Crippen LogP contribution in [0.15, 0.2) is 47.1 Å². The summed E-state index contributed by atoms with van der Waals surface area (Å²) in [5, 5.41) is 8.80. The van der Waals surface area contributed by atoms with Gasteiger partial charge in [0.25, 0.3) is 5.91 Å². The normalized spacial score (nSPS) is 10.5. The van der Waals surface area contributed by atoms with Gasteiger partial charge in [-0.3, -0.25) is 4.79 Å². The summed E-state index contributed by atoms with van der Waals surface area (Å²) in [5.74, 6) is 1.48. The van der Waals surface area contributed by atoms with Crippen molar-refractivity contribution < 1.29 is 18.7 Å². The van der Waals surface area contributed by atoms with E-state index in [9.17, 15) is 4.79 Å². The number of allylic oxidation sites excluding steroid dienone is 1. The van der Waals surface area contributed by atoms with Crippen LogP contribution in [0, 0.1) is 11.3 Å². The molecule has 6 nitrogen and oxygen atoms in total. The third-order valence-corrected chi connectivity index (χ3v) is 3.67. The van der Waals surface area contributed by atoms with Gasteiger partial charge in [-0.15, -0.1) is 0 Å². The van der Waals surface area contributed by atoms with Gasteiger partial charge in [0, 0.05) is 6.54 Å². The SMILES string of the molecule is CC=Cc1ccc(OCC(=O)N(CCC#N)Cc2ccco2)c(OC)c1. The molecule has 1 heterocycles. The maximum Gasteiger partial charge on any atom is 0.260 e. The molecule has 26 heavy (non-hydrogen) atoms. The minimum atomic E-state index is -0.226. The summed E-state index contributed by atoms with van der Waals surface area (Å²) >= 11 is 0. The number of amides is 1. The van der Waals surface area contributed by atoms with E-state index in [4.69, 9.17) is 19.2 Å². The molecule has 0 aliphatic rings. The van der Waals surface area contributed by atoms with Crippen LogP contribution in [0.1, 0.15) is 24.7 Å². The Kier molecular flexibility index (Phi) is 7.31. The number of hydrogen-bond donors (Lipinski definition) is 0. The van der Waals surface area contributed by atoms with E-state index in [-0.39, 0.29) is 18.9 Å². The van der Waals surface area contributed by atoms with Crippen molar-refractivity contribution >= 4 is 12.0 Å². The van der Waals surface area contributed by atoms with Gasteiger partial charge in [0.05, 0.1) is 32.4 Å². The average molecular weight is 354 g/mol. The van der Waals surface area contributed by atoms with E-state index in [2.05, 4.69) is 6.07 Å². The molecule has 1 aromatic carbocycles. The fourth-order valence-corrected chi connectivity index (χ4v) is 2.40. The van der Waals surface area contributed by atoms with E-state index >= 15 is 0 Å². The molecular formula is C20H22N2O4. The molecule has 0 spiro atoms. The van der Waals surface area contributed by atoms with Crippen LogP contribution in [0.3, 0.4) is 0 Å². The molecule has 0 saturated heterocycles. The second-order valence-corrected chi connectivity index (χ2v) is 5.50. The smallest absolute Gasteiger partial charge is 0.260 e. The Hall–Kier alpha value is -3.20. The molecule has 6 heteroatoms. The van der Waals surface area contributed by atoms with Crippen LogP contribution in [0.2, 0.25) is 0 Å². The molecule has 0 aliphatic carbocycles. The molecule has 0 radical (unpaired) electrons. The fourth-order valence-electron chi connectivity index (χ4n) is 2.40. The lowest BCUT2D eigenvalue weighted by molar-refractivity contribution is -0.134. The Labute approximate surface area is 153 Å². The van der Waals surface area contributed by atoms with Crippen LogP contribution in [0.5, 0.6) is 11.5 Å². The van der Waals surface area contributed by atoms with Gasteiger partial charge in [-0.1, -0.05) is 18.2 Å². The van der Waals surface area contributed by atoms with E-state index < -0.39 is 0 Å². The van der Waals surface area contributed by atoms with Gasteiger partial charge in [-0.05, 0) is 36.8 Å². The van der Waals surface area contributed by atoms with Gasteiger partial charge in [0.2, 0.25) is 0 Å². The van der Waals surface area contributed by atoms with E-state index in [0.29, 0.717) is 30.3 Å². The molecule has 0 N–H and O–H groups in total. The zero-order chi connectivity index (χ0) is 18.8. The highest BCUT2D eigenvalue weighted by Crippen LogP contribution is 2.28. The first-order valence-corrected chi connectivity index (χ1v) is 8.28. The Bertz CT molecular complexity index is 776. The zero-order valence-electron chi connectivity index (χ0n) is 15.0. The summed E-state index contributed by atoms with van der Waals surface area (Å²) in [6.07, 6.45) is 5.68. The summed E-state index contributed by atoms with van der Waals surface area (Å²) in [7, 11) is 1.56. The van der Waals surface area contributed by atoms with Crippen LogP contribution >= 0.6 is 0 Å². The lowest BCUT2D eigenvalue weighted by Gasteiger charge is -2.21. The van der Waals surface area contributed by atoms with Crippen molar-refractivity contribution in [3.05, 3.63) is 54.0 Å². The number of nitrogens with zero attached hydrogens (tertiary/aromatic N) is 2. The van der Waals surface area contributed by atoms with E-state index in [1.54, 1.807) is 36.5 Å². The summed E-state index contributed by atoms with van der Waals surface area (Å²) in [5.41, 5.74) is 0.983. The molecule has 0 aliphatic heterocycles. The monoisotopic (exact) mass is 354 g/mol. The summed E-state index contributed by atoms with van der Waals surface area (Å²) in [6, 6.07) is 11.1. The molecule has 2 aromatic rings. The number of carbonyl (C=O) groups excluding carboxylic acids is 1. The Morgan fingerprint density at radius 2 is 2.19 bits per heavy atom. The highest BCUT2D eigenvalue weighted by Gasteiger charge is 2.17. The summed E-state index contributed by atoms with van der Waals surface area (Å²) in [6.45, 7) is 2.40. The number of nitriles is 1. The van der Waals surface area contributed by atoms with Crippen LogP contribution in [-0.4, -0.2) is 31.1 Å². The van der Waals surface area contributed by atoms with Crippen LogP contribution in [0.4, 0.5) is 0 Å². The topological polar surface area (TPSA) is 75.7 Å². The molecule has 136 valence electrons. The molecule has 1 amide bonds. The van der Waals surface area contributed by atoms with E-state index in [0.717, 1.165) is 5.56 Å². The molecule has 0 saturated carbocycles. The minimum absolute atomic E-state index is 0.147. The average Bonchev–Trinajstić information content (AvgIpc) is 3.17. The predicted octanol–water partition coefficient (Wildman–Crippen LogP) is 3.64. The van der Waals surface area contributed by atoms with Gasteiger partial charge in [0.15, 0.2) is 18.1 Å². The van der Waals surface area contributed by atoms with Gasteiger partial charge in [-0.2, -0.15) is 5.26 Å². The van der Waals surface area contributed by atoms with Crippen molar-refractivity contribution in [3.8, 4) is 17.6 Å². The summed E-state index contributed by atoms with van der Waals surface area (Å²) in [4.78, 5) is 14.1. The van der Waals surface area contributed by atoms with Crippen molar-refractivity contribution in [3.63, 3.8) is 0 Å². The van der Waals surface area contributed by atoms with Gasteiger partial charge >= 0.3 is 0 Å². The summed E-state index contributed by atoms with van der Waals surface area (Å²) < 4.78 is 16.3. The van der Waals surface area contributed by atoms with Crippen molar-refractivity contribution in [1.29, 1.82) is 5.26 Å². The maximum atomic E-state index is 12.5. The lowest BCUT2D eigenvalue weighted by Crippen LogP contribution is -2.35. The molecular weight excluding hydrogens is 332 g/mol. The number of methoxy groups -OCH3 is 1. The van der Waals surface area contributed by atoms with Gasteiger partial charge < -0.3 is 18.8 Å². The van der Waals surface area contributed by atoms with Gasteiger partial charge in [-0.25, -0.2) is 0 Å². The molecule has 0 fully saturated rings. The molecule has 0 atom stereocenters. The number of furan rings is 1. The largest absolute Gasteiger partial charge is 0.493 e. The number of ether oxygens (including phenoxy) is 2. The zero-order valence-corrected chi connectivity index (χ0v) is 15.0. The first-order valence-electron chi connectivity index (χ1n) is 8.28. The Balaban J connectivity index is 2.03. The molecule has 2 rings (SSSR count). The van der Waals surface area contributed by atoms with Crippen molar-refractivity contribution in [2.75, 3.05) is 20.3 Å². The minimum Gasteiger partial charge on any atom is -0.493 e. The van der Waals surface area contributed by atoms with E-state index in [1.807, 2.05) is 31.2 Å². The molecule has 0 unspecified atom stereocenters. The number of rotatable bonds is 9. The maximum absolute atomic E-state index is 12.5. The fraction of sp³-hybridized carbons (Fsp3) is 0.300. The number of benzene rings is 1. The van der Waals surface area contributed by atoms with E-state index in [1.165, 1.54) is 0 Å². The standard InChI is InChI=1S/C20H22N2O4/c1-3-6-16-8-9-18(19(13-16)24-2)26-15-20(23)22(11-5-10-21)14-17-7-4-12-25-17/h3-4,6-9,12-13H,5,11,14-15H2,1-2H3. The molecule has 1 aromatic heterocycles. The second-order valence-electron chi connectivity index (χ2n) is 5.50. The van der Waals surface area contributed by atoms with Crippen LogP contribution < -0.4 is 9.47 Å². The second kappa shape index (κ2) is 9.94. The molecule has 0 bridgehead atoms. The lowest BCUT2D eigenvalue weighted by atomic mass is 10.2. The van der Waals surface area contributed by atoms with Crippen LogP contribution in [0.25, 0.3) is 6.08 Å². The van der Waals surface area contributed by atoms with Gasteiger partial charge in [0.1, 0.15) is 5.76 Å². The first kappa shape index (κ1) is 19.1. The highest BCUT2D eigenvalue weighted by atomic mass is 16.5. The quantitative estimate of drug-likeness (QED) is 0.687. The third kappa shape index (κ3) is 5.42. The highest BCUT2D eigenvalue weighted by molar-refractivity contribution is 5.77. The Morgan fingerprint density at radius 1 is 1.35 bits per heavy atom. The predicted molar refractivity (Wildman–Crippen MR) is 97.6 cm³/mol. The number of hydrogen-bond acceptors (Lipinski definition) is 5. The first-order chi connectivity index (χ1) is 12.7. The third-order valence-electron chi connectivity index (χ3n) is 3.67. The van der Waals surface area contributed by atoms with Crippen molar-refractivity contribution in [2.24, 2.45) is 0 Å².